The Morgan fingerprint density at radius 3 is 2.44 bits per heavy atom. The monoisotopic (exact) mass is 670 g/mol. The molecule has 2 saturated heterocycles. The molecular weight excluding hydrogens is 628 g/mol. The van der Waals surface area contributed by atoms with Gasteiger partial charge in [0.2, 0.25) is 11.8 Å². The molecule has 11 heteroatoms. The summed E-state index contributed by atoms with van der Waals surface area (Å²) in [7, 11) is 1.86. The number of H-pyrrole nitrogens is 1. The number of fused-ring (bicyclic) bond motifs is 1. The predicted molar refractivity (Wildman–Crippen MR) is 193 cm³/mol. The first kappa shape index (κ1) is 31.9. The van der Waals surface area contributed by atoms with Gasteiger partial charge in [-0.25, -0.2) is 4.98 Å². The SMILES string of the molecule is CC(C)Oc1ccc(-c2n[nH]c3ccc(N4CC[C@]5(CCN(CC(=O)N6CC=C(c7ccc(-c8ncn(C)n8)cc7)CC6)C5)C4=O)cc23)cc1. The lowest BCUT2D eigenvalue weighted by atomic mass is 9.85. The van der Waals surface area contributed by atoms with E-state index in [2.05, 4.69) is 61.6 Å². The topological polar surface area (TPSA) is 112 Å². The van der Waals surface area contributed by atoms with Crippen molar-refractivity contribution in [2.24, 2.45) is 12.5 Å². The van der Waals surface area contributed by atoms with Crippen molar-refractivity contribution in [1.29, 1.82) is 0 Å². The van der Waals surface area contributed by atoms with Crippen LogP contribution in [-0.2, 0) is 16.6 Å². The zero-order chi connectivity index (χ0) is 34.4. The zero-order valence-corrected chi connectivity index (χ0v) is 28.8. The number of aromatic nitrogens is 5. The second-order valence-corrected chi connectivity index (χ2v) is 14.1. The van der Waals surface area contributed by atoms with Crippen LogP contribution in [0.2, 0.25) is 0 Å². The van der Waals surface area contributed by atoms with Crippen molar-refractivity contribution in [3.05, 3.63) is 84.7 Å². The lowest BCUT2D eigenvalue weighted by molar-refractivity contribution is -0.132. The number of carbonyl (C=O) groups excluding carboxylic acids is 2. The van der Waals surface area contributed by atoms with E-state index in [1.165, 1.54) is 5.57 Å². The standard InChI is InChI=1S/C39H42N8O3/c1-26(2)50-32-11-8-29(9-12-32)36-33-22-31(10-13-34(33)41-42-36)47-21-17-39(38(47)49)16-20-45(24-39)23-35(48)46-18-14-28(15-19-46)27-4-6-30(7-5-27)37-40-25-44(3)43-37/h4-14,22,25-26H,15-21,23-24H2,1-3H3,(H,41,42)/t39-/m0/s1. The number of amides is 2. The maximum atomic E-state index is 14.0. The van der Waals surface area contributed by atoms with Gasteiger partial charge in [0.25, 0.3) is 0 Å². The number of rotatable bonds is 8. The summed E-state index contributed by atoms with van der Waals surface area (Å²) < 4.78 is 7.51. The van der Waals surface area contributed by atoms with Gasteiger partial charge < -0.3 is 14.5 Å². The summed E-state index contributed by atoms with van der Waals surface area (Å²) in [5.41, 5.74) is 6.59. The molecule has 256 valence electrons. The number of carbonyl (C=O) groups is 2. The maximum Gasteiger partial charge on any atom is 0.237 e. The van der Waals surface area contributed by atoms with Gasteiger partial charge in [-0.15, -0.1) is 0 Å². The Morgan fingerprint density at radius 1 is 0.960 bits per heavy atom. The van der Waals surface area contributed by atoms with Gasteiger partial charge in [0, 0.05) is 55.4 Å². The van der Waals surface area contributed by atoms with Gasteiger partial charge in [-0.2, -0.15) is 10.2 Å². The molecule has 2 amide bonds. The van der Waals surface area contributed by atoms with Gasteiger partial charge in [-0.1, -0.05) is 30.3 Å². The minimum Gasteiger partial charge on any atom is -0.491 e. The third-order valence-electron chi connectivity index (χ3n) is 10.3. The molecule has 0 unspecified atom stereocenters. The van der Waals surface area contributed by atoms with Crippen molar-refractivity contribution in [3.63, 3.8) is 0 Å². The number of likely N-dealkylation sites (tertiary alicyclic amines) is 1. The van der Waals surface area contributed by atoms with Crippen molar-refractivity contribution >= 4 is 34.0 Å². The van der Waals surface area contributed by atoms with E-state index in [4.69, 9.17) is 4.74 Å². The molecule has 1 spiro atoms. The van der Waals surface area contributed by atoms with E-state index in [9.17, 15) is 9.59 Å². The normalized spacial score (nSPS) is 19.7. The van der Waals surface area contributed by atoms with E-state index in [0.29, 0.717) is 38.5 Å². The minimum absolute atomic E-state index is 0.108. The third-order valence-corrected chi connectivity index (χ3v) is 10.3. The quantitative estimate of drug-likeness (QED) is 0.230. The van der Waals surface area contributed by atoms with Crippen LogP contribution < -0.4 is 9.64 Å². The van der Waals surface area contributed by atoms with Crippen molar-refractivity contribution in [2.75, 3.05) is 44.2 Å². The summed E-state index contributed by atoms with van der Waals surface area (Å²) in [5, 5.41) is 13.1. The number of nitrogens with one attached hydrogen (secondary N) is 1. The van der Waals surface area contributed by atoms with Gasteiger partial charge in [-0.05, 0) is 93.3 Å². The second kappa shape index (κ2) is 12.9. The Hall–Kier alpha value is -5.29. The Kier molecular flexibility index (Phi) is 8.22. The Morgan fingerprint density at radius 2 is 1.72 bits per heavy atom. The minimum atomic E-state index is -0.452. The molecule has 0 radical (unpaired) electrons. The predicted octanol–water partition coefficient (Wildman–Crippen LogP) is 5.56. The number of aromatic amines is 1. The highest BCUT2D eigenvalue weighted by Crippen LogP contribution is 2.43. The van der Waals surface area contributed by atoms with E-state index >= 15 is 0 Å². The Balaban J connectivity index is 0.889. The Labute approximate surface area is 291 Å². The summed E-state index contributed by atoms with van der Waals surface area (Å²) in [5.74, 6) is 1.81. The van der Waals surface area contributed by atoms with Crippen LogP contribution in [0.5, 0.6) is 5.75 Å². The smallest absolute Gasteiger partial charge is 0.237 e. The highest BCUT2D eigenvalue weighted by atomic mass is 16.5. The van der Waals surface area contributed by atoms with Crippen LogP contribution >= 0.6 is 0 Å². The van der Waals surface area contributed by atoms with Gasteiger partial charge in [0.1, 0.15) is 12.1 Å². The average molecular weight is 671 g/mol. The van der Waals surface area contributed by atoms with Crippen molar-refractivity contribution < 1.29 is 14.3 Å². The first-order chi connectivity index (χ1) is 24.2. The third kappa shape index (κ3) is 6.06. The highest BCUT2D eigenvalue weighted by Gasteiger charge is 2.51. The molecule has 50 heavy (non-hydrogen) atoms. The van der Waals surface area contributed by atoms with Crippen LogP contribution in [0, 0.1) is 5.41 Å². The molecule has 3 aliphatic rings. The number of benzene rings is 3. The molecular formula is C39H42N8O3. The molecule has 1 N–H and O–H groups in total. The number of nitrogens with zero attached hydrogens (tertiary/aromatic N) is 7. The first-order valence-electron chi connectivity index (χ1n) is 17.5. The Bertz CT molecular complexity index is 2080. The summed E-state index contributed by atoms with van der Waals surface area (Å²) >= 11 is 0. The zero-order valence-electron chi connectivity index (χ0n) is 28.8. The number of aryl methyl sites for hydroxylation is 1. The lowest BCUT2D eigenvalue weighted by Gasteiger charge is -2.29. The fourth-order valence-electron chi connectivity index (χ4n) is 7.65. The van der Waals surface area contributed by atoms with Crippen LogP contribution in [0.1, 0.15) is 38.7 Å². The van der Waals surface area contributed by atoms with E-state index in [0.717, 1.165) is 70.5 Å². The molecule has 0 saturated carbocycles. The molecule has 5 heterocycles. The summed E-state index contributed by atoms with van der Waals surface area (Å²) in [6.45, 7) is 7.68. The van der Waals surface area contributed by atoms with E-state index in [-0.39, 0.29) is 17.9 Å². The van der Waals surface area contributed by atoms with Crippen molar-refractivity contribution in [3.8, 4) is 28.4 Å². The number of hydrogen-bond acceptors (Lipinski definition) is 7. The fourth-order valence-corrected chi connectivity index (χ4v) is 7.65. The molecule has 11 nitrogen and oxygen atoms in total. The maximum absolute atomic E-state index is 14.0. The molecule has 2 aromatic heterocycles. The highest BCUT2D eigenvalue weighted by molar-refractivity contribution is 6.03. The van der Waals surface area contributed by atoms with Gasteiger partial charge in [-0.3, -0.25) is 24.3 Å². The summed E-state index contributed by atoms with van der Waals surface area (Å²) in [6, 6.07) is 22.4. The van der Waals surface area contributed by atoms with Crippen LogP contribution in [0.25, 0.3) is 39.1 Å². The molecule has 5 aromatic rings. The van der Waals surface area contributed by atoms with Crippen molar-refractivity contribution in [1.82, 2.24) is 34.8 Å². The summed E-state index contributed by atoms with van der Waals surface area (Å²) in [4.78, 5) is 37.8. The molecule has 3 aromatic carbocycles. The van der Waals surface area contributed by atoms with Crippen LogP contribution in [0.4, 0.5) is 5.69 Å². The second-order valence-electron chi connectivity index (χ2n) is 14.1. The summed E-state index contributed by atoms with van der Waals surface area (Å²) in [6.07, 6.45) is 6.34. The molecule has 1 atom stereocenters. The largest absolute Gasteiger partial charge is 0.491 e. The van der Waals surface area contributed by atoms with E-state index in [1.807, 2.05) is 67.1 Å². The van der Waals surface area contributed by atoms with Crippen LogP contribution in [0.15, 0.2) is 79.1 Å². The van der Waals surface area contributed by atoms with Gasteiger partial charge in [0.05, 0.1) is 29.3 Å². The van der Waals surface area contributed by atoms with Gasteiger partial charge in [0.15, 0.2) is 5.82 Å². The fraction of sp³-hybridized carbons (Fsp3) is 0.359. The molecule has 2 fully saturated rings. The van der Waals surface area contributed by atoms with E-state index < -0.39 is 5.41 Å². The lowest BCUT2D eigenvalue weighted by Crippen LogP contribution is -2.43. The molecule has 8 rings (SSSR count). The molecule has 3 aliphatic heterocycles. The van der Waals surface area contributed by atoms with E-state index in [1.54, 1.807) is 11.0 Å². The number of hydrogen-bond donors (Lipinski definition) is 1. The molecule has 0 bridgehead atoms. The number of ether oxygens (including phenoxy) is 1. The van der Waals surface area contributed by atoms with Crippen LogP contribution in [-0.4, -0.2) is 91.9 Å². The molecule has 0 aliphatic carbocycles. The first-order valence-corrected chi connectivity index (χ1v) is 17.5. The number of anilines is 1. The van der Waals surface area contributed by atoms with Crippen LogP contribution in [0.3, 0.4) is 0 Å². The van der Waals surface area contributed by atoms with Crippen molar-refractivity contribution in [2.45, 2.75) is 39.2 Å². The van der Waals surface area contributed by atoms with Gasteiger partial charge >= 0.3 is 0 Å². The average Bonchev–Trinajstić information content (AvgIpc) is 3.92.